The zero-order valence-corrected chi connectivity index (χ0v) is 11.9. The summed E-state index contributed by atoms with van der Waals surface area (Å²) >= 11 is 6.21. The Hall–Kier alpha value is -2.38. The molecule has 0 saturated carbocycles. The van der Waals surface area contributed by atoms with E-state index in [-0.39, 0.29) is 5.43 Å². The van der Waals surface area contributed by atoms with E-state index < -0.39 is 0 Å². The van der Waals surface area contributed by atoms with Gasteiger partial charge in [0.1, 0.15) is 0 Å². The Balaban J connectivity index is 2.20. The number of hydrogen-bond acceptors (Lipinski definition) is 1. The summed E-state index contributed by atoms with van der Waals surface area (Å²) in [5, 5.41) is 5.29. The number of hydrogen-bond donors (Lipinski definition) is 0. The molecule has 0 aliphatic rings. The van der Waals surface area contributed by atoms with Gasteiger partial charge < -0.3 is 0 Å². The Morgan fingerprint density at radius 1 is 0.810 bits per heavy atom. The first-order valence-corrected chi connectivity index (χ1v) is 7.16. The van der Waals surface area contributed by atoms with Crippen LogP contribution in [-0.2, 0) is 0 Å². The number of rotatable bonds is 1. The lowest BCUT2D eigenvalue weighted by Crippen LogP contribution is -2.19. The number of benzene rings is 3. The minimum Gasteiger partial charge on any atom is -0.289 e. The second-order valence-electron chi connectivity index (χ2n) is 5.12. The van der Waals surface area contributed by atoms with Gasteiger partial charge in [-0.05, 0) is 28.5 Å². The van der Waals surface area contributed by atoms with Crippen LogP contribution in [0.2, 0.25) is 5.02 Å². The van der Waals surface area contributed by atoms with Crippen LogP contribution in [0.1, 0.15) is 5.56 Å². The highest BCUT2D eigenvalue weighted by Crippen LogP contribution is 2.23. The molecule has 0 spiro atoms. The Morgan fingerprint density at radius 2 is 1.52 bits per heavy atom. The van der Waals surface area contributed by atoms with Gasteiger partial charge in [0, 0.05) is 21.0 Å². The first kappa shape index (κ1) is 12.4. The lowest BCUT2D eigenvalue weighted by Gasteiger charge is -1.97. The molecule has 0 aromatic heterocycles. The van der Waals surface area contributed by atoms with Crippen molar-refractivity contribution in [2.75, 3.05) is 0 Å². The summed E-state index contributed by atoms with van der Waals surface area (Å²) in [5.41, 5.74) is 0.939. The van der Waals surface area contributed by atoms with Gasteiger partial charge in [-0.15, -0.1) is 0 Å². The molecule has 0 aliphatic heterocycles. The van der Waals surface area contributed by atoms with Crippen molar-refractivity contribution in [1.29, 1.82) is 0 Å². The van der Waals surface area contributed by atoms with Crippen molar-refractivity contribution in [3.8, 4) is 0 Å². The molecule has 4 rings (SSSR count). The summed E-state index contributed by atoms with van der Waals surface area (Å²) in [5.74, 6) is 0. The molecular formula is C19H11ClO. The lowest BCUT2D eigenvalue weighted by molar-refractivity contribution is 1.61. The molecule has 0 fully saturated rings. The molecule has 100 valence electrons. The molecule has 0 amide bonds. The van der Waals surface area contributed by atoms with Crippen molar-refractivity contribution in [3.05, 3.63) is 86.7 Å². The zero-order valence-electron chi connectivity index (χ0n) is 11.1. The second kappa shape index (κ2) is 4.57. The van der Waals surface area contributed by atoms with E-state index in [0.717, 1.165) is 32.3 Å². The molecule has 4 aromatic carbocycles. The summed E-state index contributed by atoms with van der Waals surface area (Å²) in [6.07, 6.45) is 1.89. The maximum Gasteiger partial charge on any atom is 0.194 e. The summed E-state index contributed by atoms with van der Waals surface area (Å²) in [6, 6.07) is 19.4. The van der Waals surface area contributed by atoms with Gasteiger partial charge in [-0.3, -0.25) is 4.79 Å². The van der Waals surface area contributed by atoms with Crippen molar-refractivity contribution in [3.63, 3.8) is 0 Å². The van der Waals surface area contributed by atoms with Gasteiger partial charge >= 0.3 is 0 Å². The predicted molar refractivity (Wildman–Crippen MR) is 89.1 cm³/mol. The summed E-state index contributed by atoms with van der Waals surface area (Å²) in [7, 11) is 0. The van der Waals surface area contributed by atoms with Gasteiger partial charge in [-0.1, -0.05) is 66.2 Å². The van der Waals surface area contributed by atoms with Crippen LogP contribution in [0.25, 0.3) is 27.6 Å². The van der Waals surface area contributed by atoms with Crippen LogP contribution in [0.4, 0.5) is 0 Å². The van der Waals surface area contributed by atoms with Crippen molar-refractivity contribution in [1.82, 2.24) is 0 Å². The van der Waals surface area contributed by atoms with Crippen molar-refractivity contribution in [2.45, 2.75) is 0 Å². The minimum absolute atomic E-state index is 0.0710. The van der Waals surface area contributed by atoms with Gasteiger partial charge in [0.15, 0.2) is 5.43 Å². The SMILES string of the molecule is O=c1c(=Cc2ccccc2Cl)c2cccc3cccc1c32. The maximum absolute atomic E-state index is 12.7. The first-order chi connectivity index (χ1) is 10.3. The van der Waals surface area contributed by atoms with E-state index in [9.17, 15) is 4.79 Å². The Bertz CT molecular complexity index is 1060. The van der Waals surface area contributed by atoms with Gasteiger partial charge in [0.2, 0.25) is 0 Å². The van der Waals surface area contributed by atoms with Crippen molar-refractivity contribution < 1.29 is 0 Å². The summed E-state index contributed by atoms with van der Waals surface area (Å²) in [4.78, 5) is 12.7. The van der Waals surface area contributed by atoms with Gasteiger partial charge in [0.25, 0.3) is 0 Å². The monoisotopic (exact) mass is 290 g/mol. The number of halogens is 1. The topological polar surface area (TPSA) is 17.1 Å². The van der Waals surface area contributed by atoms with E-state index in [1.807, 2.05) is 66.7 Å². The smallest absolute Gasteiger partial charge is 0.194 e. The molecule has 21 heavy (non-hydrogen) atoms. The van der Waals surface area contributed by atoms with E-state index in [1.54, 1.807) is 0 Å². The third-order valence-electron chi connectivity index (χ3n) is 3.89. The maximum atomic E-state index is 12.7. The van der Waals surface area contributed by atoms with Crippen LogP contribution in [0.15, 0.2) is 65.5 Å². The fourth-order valence-corrected chi connectivity index (χ4v) is 3.10. The molecule has 4 aromatic rings. The Labute approximate surface area is 126 Å². The molecule has 0 radical (unpaired) electrons. The fourth-order valence-electron chi connectivity index (χ4n) is 2.91. The lowest BCUT2D eigenvalue weighted by atomic mass is 10.1. The largest absolute Gasteiger partial charge is 0.289 e. The molecule has 0 N–H and O–H groups in total. The molecule has 0 heterocycles. The van der Waals surface area contributed by atoms with Crippen LogP contribution in [0.3, 0.4) is 0 Å². The summed E-state index contributed by atoms with van der Waals surface area (Å²) < 4.78 is 0. The first-order valence-electron chi connectivity index (χ1n) is 6.79. The molecule has 0 bridgehead atoms. The Morgan fingerprint density at radius 3 is 2.29 bits per heavy atom. The van der Waals surface area contributed by atoms with E-state index in [4.69, 9.17) is 11.6 Å². The average molecular weight is 291 g/mol. The predicted octanol–water partition coefficient (Wildman–Crippen LogP) is 3.99. The molecule has 0 atom stereocenters. The van der Waals surface area contributed by atoms with Crippen LogP contribution >= 0.6 is 11.6 Å². The average Bonchev–Trinajstić information content (AvgIpc) is 2.78. The highest BCUT2D eigenvalue weighted by molar-refractivity contribution is 6.32. The zero-order chi connectivity index (χ0) is 14.4. The van der Waals surface area contributed by atoms with Crippen LogP contribution < -0.4 is 10.6 Å². The van der Waals surface area contributed by atoms with E-state index >= 15 is 0 Å². The van der Waals surface area contributed by atoms with E-state index in [0.29, 0.717) is 5.02 Å². The van der Waals surface area contributed by atoms with Gasteiger partial charge in [-0.2, -0.15) is 0 Å². The fraction of sp³-hybridized carbons (Fsp3) is 0. The highest BCUT2D eigenvalue weighted by atomic mass is 35.5. The molecule has 0 saturated heterocycles. The van der Waals surface area contributed by atoms with Gasteiger partial charge in [0.05, 0.1) is 0 Å². The normalized spacial score (nSPS) is 12.5. The third kappa shape index (κ3) is 1.82. The molecular weight excluding hydrogens is 280 g/mol. The molecule has 0 aliphatic carbocycles. The highest BCUT2D eigenvalue weighted by Gasteiger charge is 2.10. The van der Waals surface area contributed by atoms with Crippen LogP contribution in [0.5, 0.6) is 0 Å². The second-order valence-corrected chi connectivity index (χ2v) is 5.53. The molecule has 1 nitrogen and oxygen atoms in total. The van der Waals surface area contributed by atoms with E-state index in [2.05, 4.69) is 0 Å². The van der Waals surface area contributed by atoms with Gasteiger partial charge in [-0.25, -0.2) is 0 Å². The van der Waals surface area contributed by atoms with Crippen LogP contribution in [0, 0.1) is 0 Å². The quantitative estimate of drug-likeness (QED) is 0.518. The van der Waals surface area contributed by atoms with E-state index in [1.165, 1.54) is 0 Å². The van der Waals surface area contributed by atoms with Crippen molar-refractivity contribution >= 4 is 39.2 Å². The minimum atomic E-state index is 0.0710. The standard InChI is InChI=1S/C19H11ClO/c20-17-10-2-1-5-13(17)11-16-14-8-3-6-12-7-4-9-15(18(12)14)19(16)21/h1-11H. The van der Waals surface area contributed by atoms with Crippen LogP contribution in [-0.4, -0.2) is 0 Å². The Kier molecular flexibility index (Phi) is 2.69. The molecule has 2 heteroatoms. The third-order valence-corrected chi connectivity index (χ3v) is 4.23. The summed E-state index contributed by atoms with van der Waals surface area (Å²) in [6.45, 7) is 0. The van der Waals surface area contributed by atoms with Crippen molar-refractivity contribution in [2.24, 2.45) is 0 Å². The molecule has 0 unspecified atom stereocenters.